The fourth-order valence-corrected chi connectivity index (χ4v) is 8.75. The van der Waals surface area contributed by atoms with Crippen molar-refractivity contribution in [2.24, 2.45) is 57.4 Å². The fraction of sp³-hybridized carbons (Fsp3) is 0.889. The summed E-state index contributed by atoms with van der Waals surface area (Å²) in [5.41, 5.74) is 1.79. The molecule has 2 nitrogen and oxygen atoms in total. The third-order valence-electron chi connectivity index (χ3n) is 10.4. The van der Waals surface area contributed by atoms with Crippen LogP contribution in [0.25, 0.3) is 0 Å². The zero-order chi connectivity index (χ0) is 20.8. The first-order chi connectivity index (χ1) is 13.8. The molecule has 0 heterocycles. The minimum atomic E-state index is 0.319. The van der Waals surface area contributed by atoms with Gasteiger partial charge in [-0.3, -0.25) is 0 Å². The van der Waals surface area contributed by atoms with Crippen molar-refractivity contribution >= 4 is 5.71 Å². The second-order valence-electron chi connectivity index (χ2n) is 12.2. The summed E-state index contributed by atoms with van der Waals surface area (Å²) in [6.07, 6.45) is 18.3. The van der Waals surface area contributed by atoms with Crippen molar-refractivity contribution in [3.63, 3.8) is 0 Å². The van der Waals surface area contributed by atoms with Crippen LogP contribution >= 0.6 is 0 Å². The van der Waals surface area contributed by atoms with E-state index >= 15 is 0 Å². The standard InChI is InChI=1S/C27H45NO/c1-18(2)7-6-8-19(3)23-11-12-24-22-10-9-20-17-21(28-29)13-15-26(20,4)25(22)14-16-27(23,24)5/h13,15,18-20,22-25,29H,6-12,14,16-17H2,1-5H3/b28-21-/t19-,20+,22+,23-,24+,25+,26+,27-/m1/s1. The smallest absolute Gasteiger partial charge is 0.0795 e. The zero-order valence-electron chi connectivity index (χ0n) is 19.7. The highest BCUT2D eigenvalue weighted by Gasteiger charge is 2.59. The van der Waals surface area contributed by atoms with Gasteiger partial charge in [0.15, 0.2) is 0 Å². The van der Waals surface area contributed by atoms with E-state index in [9.17, 15) is 5.21 Å². The second-order valence-corrected chi connectivity index (χ2v) is 12.2. The SMILES string of the molecule is CC(C)CCC[C@@H](C)[C@H]1CC[C@H]2[C@@H]3CC[C@H]4C/C(=N\O)C=C[C@]4(C)[C@H]3CC[C@]12C. The van der Waals surface area contributed by atoms with Crippen LogP contribution in [0.1, 0.15) is 98.8 Å². The van der Waals surface area contributed by atoms with Crippen LogP contribution < -0.4 is 0 Å². The Hall–Kier alpha value is -0.790. The predicted molar refractivity (Wildman–Crippen MR) is 122 cm³/mol. The van der Waals surface area contributed by atoms with Crippen LogP contribution in [-0.2, 0) is 0 Å². The maximum absolute atomic E-state index is 9.26. The Morgan fingerprint density at radius 3 is 2.55 bits per heavy atom. The van der Waals surface area contributed by atoms with Crippen LogP contribution in [0.15, 0.2) is 17.3 Å². The van der Waals surface area contributed by atoms with Gasteiger partial charge in [0.1, 0.15) is 0 Å². The Morgan fingerprint density at radius 1 is 1.03 bits per heavy atom. The minimum Gasteiger partial charge on any atom is -0.411 e. The normalized spacial score (nSPS) is 46.4. The topological polar surface area (TPSA) is 32.6 Å². The van der Waals surface area contributed by atoms with Crippen molar-refractivity contribution < 1.29 is 5.21 Å². The number of hydrogen-bond acceptors (Lipinski definition) is 2. The average molecular weight is 400 g/mol. The first-order valence-corrected chi connectivity index (χ1v) is 12.7. The Kier molecular flexibility index (Phi) is 5.95. The lowest BCUT2D eigenvalue weighted by Crippen LogP contribution is -2.52. The second kappa shape index (κ2) is 8.04. The third-order valence-corrected chi connectivity index (χ3v) is 10.4. The molecule has 0 spiro atoms. The minimum absolute atomic E-state index is 0.319. The molecular formula is C27H45NO. The van der Waals surface area contributed by atoms with Crippen LogP contribution in [0.4, 0.5) is 0 Å². The van der Waals surface area contributed by atoms with Gasteiger partial charge in [0.2, 0.25) is 0 Å². The van der Waals surface area contributed by atoms with Crippen LogP contribution in [0.3, 0.4) is 0 Å². The van der Waals surface area contributed by atoms with Crippen LogP contribution in [0.5, 0.6) is 0 Å². The highest BCUT2D eigenvalue weighted by molar-refractivity contribution is 5.95. The van der Waals surface area contributed by atoms with Gasteiger partial charge in [0.05, 0.1) is 5.71 Å². The molecule has 0 amide bonds. The molecular weight excluding hydrogens is 354 g/mol. The lowest BCUT2D eigenvalue weighted by atomic mass is 9.45. The molecule has 164 valence electrons. The molecule has 4 aliphatic rings. The van der Waals surface area contributed by atoms with E-state index in [1.807, 2.05) is 0 Å². The first kappa shape index (κ1) is 21.4. The molecule has 0 aromatic rings. The molecule has 2 heteroatoms. The molecule has 0 aromatic heterocycles. The Morgan fingerprint density at radius 2 is 1.83 bits per heavy atom. The van der Waals surface area contributed by atoms with Crippen molar-refractivity contribution in [3.05, 3.63) is 12.2 Å². The lowest BCUT2D eigenvalue weighted by molar-refractivity contribution is -0.0809. The third kappa shape index (κ3) is 3.61. The maximum atomic E-state index is 9.26. The van der Waals surface area contributed by atoms with E-state index in [0.717, 1.165) is 47.6 Å². The zero-order valence-corrected chi connectivity index (χ0v) is 19.7. The maximum Gasteiger partial charge on any atom is 0.0795 e. The van der Waals surface area contributed by atoms with Crippen molar-refractivity contribution in [2.75, 3.05) is 0 Å². The van der Waals surface area contributed by atoms with Gasteiger partial charge in [0, 0.05) is 0 Å². The van der Waals surface area contributed by atoms with Crippen molar-refractivity contribution in [3.8, 4) is 0 Å². The lowest BCUT2D eigenvalue weighted by Gasteiger charge is -2.59. The van der Waals surface area contributed by atoms with Gasteiger partial charge < -0.3 is 5.21 Å². The average Bonchev–Trinajstić information content (AvgIpc) is 3.04. The predicted octanol–water partition coefficient (Wildman–Crippen LogP) is 7.71. The number of fused-ring (bicyclic) bond motifs is 5. The molecule has 0 saturated heterocycles. The number of oxime groups is 1. The molecule has 3 saturated carbocycles. The summed E-state index contributed by atoms with van der Waals surface area (Å²) < 4.78 is 0. The highest BCUT2D eigenvalue weighted by Crippen LogP contribution is 2.67. The summed E-state index contributed by atoms with van der Waals surface area (Å²) in [5.74, 6) is 6.06. The highest BCUT2D eigenvalue weighted by atomic mass is 16.4. The van der Waals surface area contributed by atoms with E-state index in [0.29, 0.717) is 16.7 Å². The van der Waals surface area contributed by atoms with Gasteiger partial charge in [-0.1, -0.05) is 65.1 Å². The fourth-order valence-electron chi connectivity index (χ4n) is 8.75. The van der Waals surface area contributed by atoms with E-state index in [1.165, 1.54) is 57.8 Å². The Labute approximate surface area is 179 Å². The molecule has 1 N–H and O–H groups in total. The molecule has 4 rings (SSSR count). The summed E-state index contributed by atoms with van der Waals surface area (Å²) in [5, 5.41) is 12.8. The quantitative estimate of drug-likeness (QED) is 0.372. The largest absolute Gasteiger partial charge is 0.411 e. The van der Waals surface area contributed by atoms with Crippen LogP contribution in [0, 0.1) is 52.3 Å². The Balaban J connectivity index is 1.49. The van der Waals surface area contributed by atoms with Crippen molar-refractivity contribution in [2.45, 2.75) is 98.8 Å². The van der Waals surface area contributed by atoms with E-state index in [4.69, 9.17) is 0 Å². The molecule has 8 atom stereocenters. The van der Waals surface area contributed by atoms with Gasteiger partial charge >= 0.3 is 0 Å². The van der Waals surface area contributed by atoms with Gasteiger partial charge in [-0.15, -0.1) is 0 Å². The van der Waals surface area contributed by atoms with Gasteiger partial charge in [-0.25, -0.2) is 0 Å². The number of hydrogen-bond donors (Lipinski definition) is 1. The summed E-state index contributed by atoms with van der Waals surface area (Å²) in [4.78, 5) is 0. The molecule has 3 fully saturated rings. The molecule has 29 heavy (non-hydrogen) atoms. The van der Waals surface area contributed by atoms with Gasteiger partial charge in [0.25, 0.3) is 0 Å². The van der Waals surface area contributed by atoms with Crippen LogP contribution in [-0.4, -0.2) is 10.9 Å². The number of nitrogens with zero attached hydrogens (tertiary/aromatic N) is 1. The summed E-state index contributed by atoms with van der Waals surface area (Å²) in [6, 6.07) is 0. The molecule has 4 aliphatic carbocycles. The van der Waals surface area contributed by atoms with Gasteiger partial charge in [-0.2, -0.15) is 0 Å². The number of allylic oxidation sites excluding steroid dienone is 2. The summed E-state index contributed by atoms with van der Waals surface area (Å²) in [6.45, 7) is 12.5. The summed E-state index contributed by atoms with van der Waals surface area (Å²) in [7, 11) is 0. The van der Waals surface area contributed by atoms with Crippen molar-refractivity contribution in [1.29, 1.82) is 0 Å². The van der Waals surface area contributed by atoms with Crippen molar-refractivity contribution in [1.82, 2.24) is 0 Å². The Bertz CT molecular complexity index is 651. The molecule has 0 unspecified atom stereocenters. The molecule has 0 aromatic carbocycles. The first-order valence-electron chi connectivity index (χ1n) is 12.7. The van der Waals surface area contributed by atoms with E-state index in [2.05, 4.69) is 51.9 Å². The van der Waals surface area contributed by atoms with E-state index in [-0.39, 0.29) is 0 Å². The molecule has 0 bridgehead atoms. The summed E-state index contributed by atoms with van der Waals surface area (Å²) >= 11 is 0. The number of rotatable bonds is 5. The van der Waals surface area contributed by atoms with E-state index < -0.39 is 0 Å². The van der Waals surface area contributed by atoms with E-state index in [1.54, 1.807) is 0 Å². The molecule has 0 radical (unpaired) electrons. The monoisotopic (exact) mass is 399 g/mol. The van der Waals surface area contributed by atoms with Gasteiger partial charge in [-0.05, 0) is 103 Å². The molecule has 0 aliphatic heterocycles. The van der Waals surface area contributed by atoms with Crippen LogP contribution in [0.2, 0.25) is 0 Å².